The van der Waals surface area contributed by atoms with E-state index in [-0.39, 0.29) is 16.8 Å². The number of rotatable bonds is 4. The molecule has 7 heteroatoms. The van der Waals surface area contributed by atoms with Gasteiger partial charge in [-0.05, 0) is 19.1 Å². The van der Waals surface area contributed by atoms with Crippen molar-refractivity contribution in [3.05, 3.63) is 56.6 Å². The number of nitrogens with zero attached hydrogens (tertiary/aromatic N) is 1. The summed E-state index contributed by atoms with van der Waals surface area (Å²) in [6, 6.07) is 7.59. The molecule has 0 radical (unpaired) electrons. The first kappa shape index (κ1) is 15.8. The third-order valence-electron chi connectivity index (χ3n) is 3.31. The van der Waals surface area contributed by atoms with E-state index in [0.29, 0.717) is 21.9 Å². The number of nitro benzene ring substituents is 1. The van der Waals surface area contributed by atoms with Gasteiger partial charge in [0.15, 0.2) is 0 Å². The van der Waals surface area contributed by atoms with E-state index in [1.807, 2.05) is 0 Å². The lowest BCUT2D eigenvalue weighted by Crippen LogP contribution is -2.06. The Hall–Kier alpha value is -2.60. The molecule has 2 aromatic carbocycles. The molecule has 0 saturated carbocycles. The number of methoxy groups -OCH3 is 1. The summed E-state index contributed by atoms with van der Waals surface area (Å²) in [5, 5.41) is 20.8. The number of carboxylic acid groups (broad SMARTS) is 1. The van der Waals surface area contributed by atoms with Crippen molar-refractivity contribution in [2.45, 2.75) is 6.92 Å². The molecule has 22 heavy (non-hydrogen) atoms. The van der Waals surface area contributed by atoms with Crippen LogP contribution in [0.2, 0.25) is 5.02 Å². The molecule has 0 heterocycles. The lowest BCUT2D eigenvalue weighted by molar-refractivity contribution is -0.385. The Kier molecular flexibility index (Phi) is 4.32. The molecule has 0 aliphatic carbocycles. The molecule has 2 aromatic rings. The average Bonchev–Trinajstić information content (AvgIpc) is 2.45. The second-order valence-corrected chi connectivity index (χ2v) is 4.92. The van der Waals surface area contributed by atoms with Crippen LogP contribution in [0.3, 0.4) is 0 Å². The van der Waals surface area contributed by atoms with Gasteiger partial charge in [-0.3, -0.25) is 10.1 Å². The molecule has 2 rings (SSSR count). The highest BCUT2D eigenvalue weighted by Crippen LogP contribution is 2.39. The Bertz CT molecular complexity index is 773. The molecule has 0 atom stereocenters. The predicted octanol–water partition coefficient (Wildman–Crippen LogP) is 3.93. The first-order valence-corrected chi connectivity index (χ1v) is 6.60. The molecular weight excluding hydrogens is 310 g/mol. The quantitative estimate of drug-likeness (QED) is 0.680. The van der Waals surface area contributed by atoms with Gasteiger partial charge in [-0.25, -0.2) is 4.79 Å². The summed E-state index contributed by atoms with van der Waals surface area (Å²) in [6.07, 6.45) is 0. The summed E-state index contributed by atoms with van der Waals surface area (Å²) >= 11 is 6.05. The van der Waals surface area contributed by atoms with Crippen LogP contribution in [-0.2, 0) is 0 Å². The van der Waals surface area contributed by atoms with Gasteiger partial charge in [0.05, 0.1) is 22.6 Å². The second kappa shape index (κ2) is 6.03. The van der Waals surface area contributed by atoms with Crippen LogP contribution in [0, 0.1) is 17.0 Å². The number of nitro groups is 1. The van der Waals surface area contributed by atoms with Gasteiger partial charge in [0, 0.05) is 22.8 Å². The van der Waals surface area contributed by atoms with Crippen LogP contribution >= 0.6 is 11.6 Å². The maximum Gasteiger partial charge on any atom is 0.336 e. The van der Waals surface area contributed by atoms with Crippen LogP contribution in [0.5, 0.6) is 5.75 Å². The van der Waals surface area contributed by atoms with E-state index in [1.54, 1.807) is 18.2 Å². The Morgan fingerprint density at radius 3 is 2.50 bits per heavy atom. The number of halogens is 1. The fraction of sp³-hybridized carbons (Fsp3) is 0.133. The standard InChI is InChI=1S/C15H12ClNO5/c1-8-12(17(20)21)7-6-9(13(8)15(18)19)10-4-3-5-11(16)14(10)22-2/h3-7H,1-2H3,(H,18,19). The van der Waals surface area contributed by atoms with Crippen LogP contribution in [0.15, 0.2) is 30.3 Å². The lowest BCUT2D eigenvalue weighted by Gasteiger charge is -2.14. The first-order valence-electron chi connectivity index (χ1n) is 6.22. The zero-order chi connectivity index (χ0) is 16.4. The van der Waals surface area contributed by atoms with Crippen molar-refractivity contribution in [2.75, 3.05) is 7.11 Å². The maximum absolute atomic E-state index is 11.6. The van der Waals surface area contributed by atoms with Crippen LogP contribution < -0.4 is 4.74 Å². The fourth-order valence-corrected chi connectivity index (χ4v) is 2.58. The monoisotopic (exact) mass is 321 g/mol. The van der Waals surface area contributed by atoms with E-state index in [4.69, 9.17) is 16.3 Å². The molecule has 0 aromatic heterocycles. The average molecular weight is 322 g/mol. The van der Waals surface area contributed by atoms with E-state index in [9.17, 15) is 20.0 Å². The molecular formula is C15H12ClNO5. The molecule has 0 saturated heterocycles. The minimum absolute atomic E-state index is 0.0806. The predicted molar refractivity (Wildman–Crippen MR) is 81.8 cm³/mol. The second-order valence-electron chi connectivity index (χ2n) is 4.52. The van der Waals surface area contributed by atoms with Gasteiger partial charge in [0.25, 0.3) is 5.69 Å². The minimum Gasteiger partial charge on any atom is -0.495 e. The highest BCUT2D eigenvalue weighted by Gasteiger charge is 2.24. The number of hydrogen-bond acceptors (Lipinski definition) is 4. The maximum atomic E-state index is 11.6. The summed E-state index contributed by atoms with van der Waals surface area (Å²) in [5.74, 6) is -0.932. The zero-order valence-electron chi connectivity index (χ0n) is 11.8. The van der Waals surface area contributed by atoms with Gasteiger partial charge in [0.2, 0.25) is 0 Å². The first-order chi connectivity index (χ1) is 10.4. The van der Waals surface area contributed by atoms with Gasteiger partial charge in [0.1, 0.15) is 5.75 Å². The highest BCUT2D eigenvalue weighted by molar-refractivity contribution is 6.32. The van der Waals surface area contributed by atoms with E-state index in [0.717, 1.165) is 0 Å². The molecule has 1 N–H and O–H groups in total. The van der Waals surface area contributed by atoms with Gasteiger partial charge >= 0.3 is 5.97 Å². The number of hydrogen-bond donors (Lipinski definition) is 1. The number of para-hydroxylation sites is 1. The zero-order valence-corrected chi connectivity index (χ0v) is 12.5. The molecule has 114 valence electrons. The van der Waals surface area contributed by atoms with Crippen molar-refractivity contribution >= 4 is 23.3 Å². The van der Waals surface area contributed by atoms with E-state index >= 15 is 0 Å². The molecule has 0 spiro atoms. The van der Waals surface area contributed by atoms with Crippen LogP contribution in [-0.4, -0.2) is 23.1 Å². The van der Waals surface area contributed by atoms with Crippen LogP contribution in [0.1, 0.15) is 15.9 Å². The molecule has 0 amide bonds. The third kappa shape index (κ3) is 2.60. The van der Waals surface area contributed by atoms with Crippen molar-refractivity contribution < 1.29 is 19.6 Å². The van der Waals surface area contributed by atoms with Crippen molar-refractivity contribution in [1.29, 1.82) is 0 Å². The fourth-order valence-electron chi connectivity index (χ4n) is 2.33. The molecule has 0 aliphatic rings. The summed E-state index contributed by atoms with van der Waals surface area (Å²) in [7, 11) is 1.42. The van der Waals surface area contributed by atoms with Gasteiger partial charge in [-0.2, -0.15) is 0 Å². The molecule has 0 unspecified atom stereocenters. The topological polar surface area (TPSA) is 89.7 Å². The lowest BCUT2D eigenvalue weighted by atomic mass is 9.94. The van der Waals surface area contributed by atoms with Crippen molar-refractivity contribution in [1.82, 2.24) is 0 Å². The van der Waals surface area contributed by atoms with Crippen molar-refractivity contribution in [3.63, 3.8) is 0 Å². The van der Waals surface area contributed by atoms with Crippen molar-refractivity contribution in [2.24, 2.45) is 0 Å². The van der Waals surface area contributed by atoms with Crippen molar-refractivity contribution in [3.8, 4) is 16.9 Å². The number of aromatic carboxylic acids is 1. The summed E-state index contributed by atoms with van der Waals surface area (Å²) in [5.41, 5.74) is 0.467. The SMILES string of the molecule is COc1c(Cl)cccc1-c1ccc([N+](=O)[O-])c(C)c1C(=O)O. The summed E-state index contributed by atoms with van der Waals surface area (Å²) < 4.78 is 5.22. The minimum atomic E-state index is -1.25. The molecule has 0 bridgehead atoms. The van der Waals surface area contributed by atoms with Gasteiger partial charge < -0.3 is 9.84 Å². The van der Waals surface area contributed by atoms with E-state index in [2.05, 4.69) is 0 Å². The molecule has 0 fully saturated rings. The van der Waals surface area contributed by atoms with Crippen LogP contribution in [0.25, 0.3) is 11.1 Å². The highest BCUT2D eigenvalue weighted by atomic mass is 35.5. The number of ether oxygens (including phenoxy) is 1. The number of benzene rings is 2. The summed E-state index contributed by atoms with van der Waals surface area (Å²) in [4.78, 5) is 22.0. The smallest absolute Gasteiger partial charge is 0.336 e. The number of carboxylic acids is 1. The Morgan fingerprint density at radius 1 is 1.27 bits per heavy atom. The Balaban J connectivity index is 2.82. The van der Waals surface area contributed by atoms with Gasteiger partial charge in [-0.15, -0.1) is 0 Å². The summed E-state index contributed by atoms with van der Waals surface area (Å²) in [6.45, 7) is 1.40. The Labute approximate surface area is 131 Å². The number of carbonyl (C=O) groups is 1. The van der Waals surface area contributed by atoms with Crippen LogP contribution in [0.4, 0.5) is 5.69 Å². The molecule has 6 nitrogen and oxygen atoms in total. The Morgan fingerprint density at radius 2 is 1.95 bits per heavy atom. The van der Waals surface area contributed by atoms with E-state index in [1.165, 1.54) is 26.2 Å². The molecule has 0 aliphatic heterocycles. The van der Waals surface area contributed by atoms with E-state index < -0.39 is 10.9 Å². The largest absolute Gasteiger partial charge is 0.495 e. The third-order valence-corrected chi connectivity index (χ3v) is 3.61. The normalized spacial score (nSPS) is 10.3. The van der Waals surface area contributed by atoms with Gasteiger partial charge in [-0.1, -0.05) is 23.7 Å².